The van der Waals surface area contributed by atoms with Gasteiger partial charge in [0.15, 0.2) is 11.5 Å². The summed E-state index contributed by atoms with van der Waals surface area (Å²) in [5, 5.41) is 0. The normalized spacial score (nSPS) is 23.8. The second-order valence-corrected chi connectivity index (χ2v) is 4.71. The lowest BCUT2D eigenvalue weighted by Crippen LogP contribution is -2.15. The van der Waals surface area contributed by atoms with Crippen molar-refractivity contribution in [1.82, 2.24) is 0 Å². The number of esters is 1. The molecule has 2 aliphatic rings. The maximum atomic E-state index is 11.9. The van der Waals surface area contributed by atoms with Crippen molar-refractivity contribution in [2.24, 2.45) is 5.92 Å². The Morgan fingerprint density at radius 1 is 1.32 bits per heavy atom. The number of carbonyl (C=O) groups excluding carboxylic acids is 1. The number of alkyl halides is 1. The molecule has 2 atom stereocenters. The van der Waals surface area contributed by atoms with Crippen molar-refractivity contribution in [3.05, 3.63) is 23.8 Å². The van der Waals surface area contributed by atoms with Crippen LogP contribution in [0.3, 0.4) is 0 Å². The van der Waals surface area contributed by atoms with Gasteiger partial charge >= 0.3 is 5.97 Å². The third-order valence-corrected chi connectivity index (χ3v) is 3.41. The van der Waals surface area contributed by atoms with Gasteiger partial charge in [0.1, 0.15) is 26.5 Å². The van der Waals surface area contributed by atoms with Gasteiger partial charge in [-0.1, -0.05) is 6.07 Å². The van der Waals surface area contributed by atoms with Crippen molar-refractivity contribution >= 4 is 5.97 Å². The van der Waals surface area contributed by atoms with E-state index in [0.29, 0.717) is 13.2 Å². The minimum absolute atomic E-state index is 0.144. The smallest absolute Gasteiger partial charge is 0.309 e. The van der Waals surface area contributed by atoms with E-state index < -0.39 is 6.67 Å². The topological polar surface area (TPSA) is 44.8 Å². The number of hydrogen-bond donors (Lipinski definition) is 0. The highest BCUT2D eigenvalue weighted by atomic mass is 19.1. The Balaban J connectivity index is 1.66. The molecule has 1 fully saturated rings. The molecular weight excluding hydrogens is 251 g/mol. The average molecular weight is 266 g/mol. The van der Waals surface area contributed by atoms with Crippen LogP contribution in [0.5, 0.6) is 11.5 Å². The number of fused-ring (bicyclic) bond motifs is 1. The number of ether oxygens (including phenoxy) is 3. The van der Waals surface area contributed by atoms with Crippen LogP contribution < -0.4 is 9.47 Å². The Morgan fingerprint density at radius 3 is 2.89 bits per heavy atom. The SMILES string of the molecule is O=C(OCCF)[C@H]1C[C@@H]1c1ccc2c(c1)OCCO2. The third kappa shape index (κ3) is 2.50. The minimum Gasteiger partial charge on any atom is -0.486 e. The van der Waals surface area contributed by atoms with E-state index in [0.717, 1.165) is 23.5 Å². The van der Waals surface area contributed by atoms with Crippen LogP contribution in [0.1, 0.15) is 17.9 Å². The molecule has 0 aromatic heterocycles. The molecule has 0 saturated heterocycles. The molecule has 5 heteroatoms. The average Bonchev–Trinajstić information content (AvgIpc) is 3.24. The zero-order valence-electron chi connectivity index (χ0n) is 10.4. The maximum Gasteiger partial charge on any atom is 0.309 e. The summed E-state index contributed by atoms with van der Waals surface area (Å²) in [5.74, 6) is 1.17. The molecule has 0 unspecified atom stereocenters. The third-order valence-electron chi connectivity index (χ3n) is 3.41. The van der Waals surface area contributed by atoms with E-state index >= 15 is 0 Å². The predicted molar refractivity (Wildman–Crippen MR) is 65.2 cm³/mol. The van der Waals surface area contributed by atoms with Crippen LogP contribution in [0, 0.1) is 5.92 Å². The Bertz CT molecular complexity index is 488. The van der Waals surface area contributed by atoms with Crippen molar-refractivity contribution in [2.45, 2.75) is 12.3 Å². The summed E-state index contributed by atoms with van der Waals surface area (Å²) in [6.07, 6.45) is 0.755. The summed E-state index contributed by atoms with van der Waals surface area (Å²) in [6.45, 7) is 0.327. The van der Waals surface area contributed by atoms with E-state index in [9.17, 15) is 9.18 Å². The van der Waals surface area contributed by atoms with Gasteiger partial charge in [-0.2, -0.15) is 0 Å². The van der Waals surface area contributed by atoms with Crippen molar-refractivity contribution < 1.29 is 23.4 Å². The molecular formula is C14H15FO4. The highest BCUT2D eigenvalue weighted by Gasteiger charge is 2.45. The number of halogens is 1. The Kier molecular flexibility index (Phi) is 3.27. The summed E-state index contributed by atoms with van der Waals surface area (Å²) in [5.41, 5.74) is 1.05. The monoisotopic (exact) mass is 266 g/mol. The van der Waals surface area contributed by atoms with E-state index in [2.05, 4.69) is 0 Å². The van der Waals surface area contributed by atoms with Crippen molar-refractivity contribution in [2.75, 3.05) is 26.5 Å². The predicted octanol–water partition coefficient (Wildman–Crippen LogP) is 2.07. The highest BCUT2D eigenvalue weighted by molar-refractivity contribution is 5.77. The first-order valence-corrected chi connectivity index (χ1v) is 6.41. The van der Waals surface area contributed by atoms with Crippen LogP contribution in [0.15, 0.2) is 18.2 Å². The summed E-state index contributed by atoms with van der Waals surface area (Å²) in [4.78, 5) is 11.6. The number of carbonyl (C=O) groups is 1. The Morgan fingerprint density at radius 2 is 2.11 bits per heavy atom. The van der Waals surface area contributed by atoms with Gasteiger partial charge in [-0.25, -0.2) is 4.39 Å². The molecule has 4 nitrogen and oxygen atoms in total. The first-order chi connectivity index (χ1) is 9.29. The Hall–Kier alpha value is -1.78. The fraction of sp³-hybridized carbons (Fsp3) is 0.500. The van der Waals surface area contributed by atoms with E-state index in [1.165, 1.54) is 0 Å². The second-order valence-electron chi connectivity index (χ2n) is 4.71. The molecule has 0 radical (unpaired) electrons. The second kappa shape index (κ2) is 5.07. The van der Waals surface area contributed by atoms with Crippen LogP contribution in [-0.4, -0.2) is 32.5 Å². The fourth-order valence-corrected chi connectivity index (χ4v) is 2.36. The molecule has 0 amide bonds. The summed E-state index contributed by atoms with van der Waals surface area (Å²) >= 11 is 0. The van der Waals surface area contributed by atoms with Crippen molar-refractivity contribution in [3.63, 3.8) is 0 Å². The zero-order valence-corrected chi connectivity index (χ0v) is 10.4. The fourth-order valence-electron chi connectivity index (χ4n) is 2.36. The lowest BCUT2D eigenvalue weighted by molar-refractivity contribution is -0.145. The van der Waals surface area contributed by atoms with Crippen LogP contribution >= 0.6 is 0 Å². The van der Waals surface area contributed by atoms with Gasteiger partial charge in [-0.05, 0) is 30.0 Å². The number of hydrogen-bond acceptors (Lipinski definition) is 4. The van der Waals surface area contributed by atoms with Gasteiger partial charge in [-0.15, -0.1) is 0 Å². The van der Waals surface area contributed by atoms with Crippen LogP contribution in [0.4, 0.5) is 4.39 Å². The minimum atomic E-state index is -0.632. The van der Waals surface area contributed by atoms with Crippen molar-refractivity contribution in [1.29, 1.82) is 0 Å². The first kappa shape index (κ1) is 12.3. The van der Waals surface area contributed by atoms with Gasteiger partial charge in [0.2, 0.25) is 0 Å². The molecule has 3 rings (SSSR count). The van der Waals surface area contributed by atoms with Crippen LogP contribution in [0.2, 0.25) is 0 Å². The van der Waals surface area contributed by atoms with E-state index in [1.807, 2.05) is 18.2 Å². The largest absolute Gasteiger partial charge is 0.486 e. The van der Waals surface area contributed by atoms with Crippen molar-refractivity contribution in [3.8, 4) is 11.5 Å². The molecule has 19 heavy (non-hydrogen) atoms. The van der Waals surface area contributed by atoms with Gasteiger partial charge in [0.25, 0.3) is 0 Å². The zero-order chi connectivity index (χ0) is 13.2. The van der Waals surface area contributed by atoms with E-state index in [1.54, 1.807) is 0 Å². The van der Waals surface area contributed by atoms with E-state index in [-0.39, 0.29) is 24.4 Å². The molecule has 102 valence electrons. The van der Waals surface area contributed by atoms with Gasteiger partial charge < -0.3 is 14.2 Å². The van der Waals surface area contributed by atoms with Gasteiger partial charge in [-0.3, -0.25) is 4.79 Å². The molecule has 1 aliphatic carbocycles. The van der Waals surface area contributed by atoms with Crippen LogP contribution in [-0.2, 0) is 9.53 Å². The lowest BCUT2D eigenvalue weighted by Gasteiger charge is -2.18. The molecule has 1 aromatic carbocycles. The van der Waals surface area contributed by atoms with Gasteiger partial charge in [0.05, 0.1) is 5.92 Å². The molecule has 0 N–H and O–H groups in total. The van der Waals surface area contributed by atoms with E-state index in [4.69, 9.17) is 14.2 Å². The lowest BCUT2D eigenvalue weighted by atomic mass is 10.1. The molecule has 0 bridgehead atoms. The molecule has 0 spiro atoms. The quantitative estimate of drug-likeness (QED) is 0.783. The first-order valence-electron chi connectivity index (χ1n) is 6.41. The molecule has 1 heterocycles. The maximum absolute atomic E-state index is 11.9. The highest BCUT2D eigenvalue weighted by Crippen LogP contribution is 2.49. The standard InChI is InChI=1S/C14H15FO4/c15-3-4-19-14(16)11-8-10(11)9-1-2-12-13(7-9)18-6-5-17-12/h1-2,7,10-11H,3-6,8H2/t10-,11+/m1/s1. The molecule has 1 aromatic rings. The number of benzene rings is 1. The van der Waals surface area contributed by atoms with Gasteiger partial charge in [0, 0.05) is 0 Å². The summed E-state index contributed by atoms with van der Waals surface area (Å²) in [6, 6.07) is 5.73. The summed E-state index contributed by atoms with van der Waals surface area (Å²) in [7, 11) is 0. The molecule has 1 aliphatic heterocycles. The Labute approximate surface area is 110 Å². The molecule has 1 saturated carbocycles. The number of rotatable bonds is 4. The summed E-state index contributed by atoms with van der Waals surface area (Å²) < 4.78 is 27.7. The van der Waals surface area contributed by atoms with Crippen LogP contribution in [0.25, 0.3) is 0 Å².